The number of carbonyl (C=O) groups excluding carboxylic acids is 1. The lowest BCUT2D eigenvalue weighted by Gasteiger charge is -2.44. The third-order valence-electron chi connectivity index (χ3n) is 8.98. The van der Waals surface area contributed by atoms with Gasteiger partial charge in [-0.05, 0) is 93.1 Å². The molecule has 192 valence electrons. The Bertz CT molecular complexity index is 801. The Morgan fingerprint density at radius 1 is 1.32 bits per heavy atom. The van der Waals surface area contributed by atoms with Crippen LogP contribution in [0.15, 0.2) is 35.5 Å². The predicted octanol–water partition coefficient (Wildman–Crippen LogP) is 6.67. The fraction of sp³-hybridized carbons (Fsp3) is 0.767. The van der Waals surface area contributed by atoms with Crippen molar-refractivity contribution in [2.75, 3.05) is 0 Å². The van der Waals surface area contributed by atoms with E-state index in [0.717, 1.165) is 36.3 Å². The van der Waals surface area contributed by atoms with E-state index in [1.165, 1.54) is 32.1 Å². The zero-order valence-corrected chi connectivity index (χ0v) is 22.2. The minimum Gasteiger partial charge on any atom is -0.457 e. The summed E-state index contributed by atoms with van der Waals surface area (Å²) in [5.41, 5.74) is 3.18. The molecule has 0 aromatic carbocycles. The van der Waals surface area contributed by atoms with Gasteiger partial charge in [0.05, 0.1) is 11.7 Å². The Labute approximate surface area is 207 Å². The van der Waals surface area contributed by atoms with Crippen molar-refractivity contribution in [1.82, 2.24) is 0 Å². The summed E-state index contributed by atoms with van der Waals surface area (Å²) in [6.45, 7) is 14.8. The average molecular weight is 473 g/mol. The molecule has 0 aromatic rings. The molecule has 4 heteroatoms. The Morgan fingerprint density at radius 2 is 2.06 bits per heavy atom. The number of allylic oxidation sites excluding steroid dienone is 3. The Balaban J connectivity index is 1.71. The Hall–Kier alpha value is -1.39. The second-order valence-corrected chi connectivity index (χ2v) is 12.2. The van der Waals surface area contributed by atoms with Gasteiger partial charge in [-0.2, -0.15) is 0 Å². The topological polar surface area (TPSA) is 66.8 Å². The predicted molar refractivity (Wildman–Crippen MR) is 138 cm³/mol. The number of hydrogen-bond donors (Lipinski definition) is 2. The number of esters is 1. The summed E-state index contributed by atoms with van der Waals surface area (Å²) >= 11 is 0. The molecule has 0 aliphatic heterocycles. The van der Waals surface area contributed by atoms with Crippen LogP contribution >= 0.6 is 0 Å². The largest absolute Gasteiger partial charge is 0.457 e. The van der Waals surface area contributed by atoms with Gasteiger partial charge in [-0.1, -0.05) is 57.9 Å². The number of rotatable bonds is 8. The zero-order chi connectivity index (χ0) is 25.1. The lowest BCUT2D eigenvalue weighted by Crippen LogP contribution is -2.36. The number of fused-ring (bicyclic) bond motifs is 1. The number of aliphatic hydroxyl groups excluding tert-OH is 1. The van der Waals surface area contributed by atoms with Crippen LogP contribution in [-0.2, 0) is 9.53 Å². The fourth-order valence-corrected chi connectivity index (χ4v) is 7.08. The quantitative estimate of drug-likeness (QED) is 0.387. The van der Waals surface area contributed by atoms with Crippen LogP contribution in [0.5, 0.6) is 0 Å². The van der Waals surface area contributed by atoms with Gasteiger partial charge in [-0.3, -0.25) is 4.79 Å². The summed E-state index contributed by atoms with van der Waals surface area (Å²) in [7, 11) is 0. The van der Waals surface area contributed by atoms with Gasteiger partial charge in [0.25, 0.3) is 0 Å². The summed E-state index contributed by atoms with van der Waals surface area (Å²) in [6, 6.07) is 0. The van der Waals surface area contributed by atoms with E-state index in [0.29, 0.717) is 36.5 Å². The first kappa shape index (κ1) is 27.2. The van der Waals surface area contributed by atoms with Crippen molar-refractivity contribution in [2.24, 2.45) is 23.2 Å². The minimum atomic E-state index is -0.569. The normalized spacial score (nSPS) is 35.4. The van der Waals surface area contributed by atoms with Crippen molar-refractivity contribution >= 4 is 5.97 Å². The molecule has 2 N–H and O–H groups in total. The molecule has 3 aliphatic rings. The minimum absolute atomic E-state index is 0.241. The molecule has 3 rings (SSSR count). The summed E-state index contributed by atoms with van der Waals surface area (Å²) in [5.74, 6) is 1.79. The highest BCUT2D eigenvalue weighted by molar-refractivity contribution is 5.69. The van der Waals surface area contributed by atoms with Crippen LogP contribution in [0.3, 0.4) is 0 Å². The number of aliphatic hydroxyl groups is 2. The molecular weight excluding hydrogens is 424 g/mol. The van der Waals surface area contributed by atoms with Gasteiger partial charge >= 0.3 is 5.97 Å². The molecule has 0 spiro atoms. The highest BCUT2D eigenvalue weighted by Crippen LogP contribution is 2.60. The van der Waals surface area contributed by atoms with Gasteiger partial charge in [-0.15, -0.1) is 0 Å². The molecule has 0 saturated heterocycles. The molecule has 4 nitrogen and oxygen atoms in total. The molecule has 3 saturated carbocycles. The van der Waals surface area contributed by atoms with Crippen molar-refractivity contribution in [2.45, 2.75) is 123 Å². The van der Waals surface area contributed by atoms with Crippen LogP contribution in [0, 0.1) is 23.2 Å². The smallest absolute Gasteiger partial charge is 0.306 e. The first-order chi connectivity index (χ1) is 15.9. The molecule has 6 atom stereocenters. The Morgan fingerprint density at radius 3 is 2.74 bits per heavy atom. The van der Waals surface area contributed by atoms with Crippen LogP contribution < -0.4 is 0 Å². The summed E-state index contributed by atoms with van der Waals surface area (Å²) in [5, 5.41) is 20.5. The van der Waals surface area contributed by atoms with Crippen molar-refractivity contribution in [3.8, 4) is 0 Å². The summed E-state index contributed by atoms with van der Waals surface area (Å²) in [6.07, 6.45) is 14.3. The highest BCUT2D eigenvalue weighted by atomic mass is 16.5. The van der Waals surface area contributed by atoms with Crippen LogP contribution in [0.25, 0.3) is 0 Å². The van der Waals surface area contributed by atoms with E-state index in [1.54, 1.807) is 12.5 Å². The van der Waals surface area contributed by atoms with Crippen LogP contribution in [0.2, 0.25) is 0 Å². The molecule has 0 aromatic heterocycles. The van der Waals surface area contributed by atoms with Crippen molar-refractivity contribution in [3.05, 3.63) is 35.5 Å². The van der Waals surface area contributed by atoms with Crippen molar-refractivity contribution in [3.63, 3.8) is 0 Å². The summed E-state index contributed by atoms with van der Waals surface area (Å²) < 4.78 is 5.55. The molecule has 34 heavy (non-hydrogen) atoms. The number of hydrogen-bond acceptors (Lipinski definition) is 4. The van der Waals surface area contributed by atoms with Crippen LogP contribution in [-0.4, -0.2) is 34.0 Å². The number of ether oxygens (including phenoxy) is 1. The maximum absolute atomic E-state index is 11.8. The lowest BCUT2D eigenvalue weighted by atomic mass is 9.60. The number of carbonyl (C=O) groups is 1. The summed E-state index contributed by atoms with van der Waals surface area (Å²) in [4.78, 5) is 11.8. The first-order valence-electron chi connectivity index (χ1n) is 13.6. The average Bonchev–Trinajstić information content (AvgIpc) is 3.11. The second kappa shape index (κ2) is 11.1. The molecule has 0 unspecified atom stereocenters. The van der Waals surface area contributed by atoms with Crippen molar-refractivity contribution in [1.29, 1.82) is 0 Å². The fourth-order valence-electron chi connectivity index (χ4n) is 7.08. The highest BCUT2D eigenvalue weighted by Gasteiger charge is 2.50. The van der Waals surface area contributed by atoms with Crippen LogP contribution in [0.1, 0.15) is 105 Å². The van der Waals surface area contributed by atoms with Gasteiger partial charge in [0.15, 0.2) is 0 Å². The maximum atomic E-state index is 11.8. The van der Waals surface area contributed by atoms with Gasteiger partial charge < -0.3 is 14.9 Å². The van der Waals surface area contributed by atoms with Gasteiger partial charge in [-0.25, -0.2) is 0 Å². The van der Waals surface area contributed by atoms with E-state index in [2.05, 4.69) is 32.6 Å². The van der Waals surface area contributed by atoms with Crippen molar-refractivity contribution < 1.29 is 19.7 Å². The Kier molecular flexibility index (Phi) is 8.90. The third-order valence-corrected chi connectivity index (χ3v) is 8.98. The van der Waals surface area contributed by atoms with Gasteiger partial charge in [0, 0.05) is 12.8 Å². The van der Waals surface area contributed by atoms with E-state index < -0.39 is 17.8 Å². The van der Waals surface area contributed by atoms with E-state index >= 15 is 0 Å². The van der Waals surface area contributed by atoms with E-state index in [9.17, 15) is 15.0 Å². The lowest BCUT2D eigenvalue weighted by molar-refractivity contribution is -0.148. The SMILES string of the molecule is C=C1/C(=C\C=C2/CCC[C@]3(C)[C@@H]([C@H](C)CCCC(C)(C)O)CC[C@@H]23)C[C@@H](O)C[C@@H]1OC(=O)CC. The zero-order valence-electron chi connectivity index (χ0n) is 22.2. The van der Waals surface area contributed by atoms with E-state index in [-0.39, 0.29) is 5.97 Å². The van der Waals surface area contributed by atoms with Crippen LogP contribution in [0.4, 0.5) is 0 Å². The molecule has 3 fully saturated rings. The molecule has 0 radical (unpaired) electrons. The first-order valence-corrected chi connectivity index (χ1v) is 13.6. The third kappa shape index (κ3) is 6.43. The monoisotopic (exact) mass is 472 g/mol. The molecule has 0 bridgehead atoms. The van der Waals surface area contributed by atoms with E-state index in [4.69, 9.17) is 4.74 Å². The van der Waals surface area contributed by atoms with E-state index in [1.807, 2.05) is 13.8 Å². The molecule has 0 amide bonds. The molecule has 3 aliphatic carbocycles. The standard InChI is InChI=1S/C30H48O4/c1-7-28(32)34-27-19-24(31)18-23(21(27)3)13-12-22-11-9-17-30(6)25(14-15-26(22)30)20(2)10-8-16-29(4,5)33/h12-13,20,24-27,31,33H,3,7-11,14-19H2,1-2,4-6H3/b22-12+,23-13-/t20-,24-,25-,26+,27+,30-/m1/s1. The second-order valence-electron chi connectivity index (χ2n) is 12.2. The van der Waals surface area contributed by atoms with Gasteiger partial charge in [0.1, 0.15) is 6.10 Å². The maximum Gasteiger partial charge on any atom is 0.306 e. The molecular formula is C30H48O4. The van der Waals surface area contributed by atoms with Gasteiger partial charge in [0.2, 0.25) is 0 Å². The molecule has 0 heterocycles.